The van der Waals surface area contributed by atoms with Gasteiger partial charge in [0.1, 0.15) is 5.52 Å². The van der Waals surface area contributed by atoms with Crippen LogP contribution in [0.15, 0.2) is 22.6 Å². The number of fused-ring (bicyclic) bond motifs is 1. The molecule has 2 saturated heterocycles. The molecular formula is C16H20N4O2. The smallest absolute Gasteiger partial charge is 0.298 e. The standard InChI is InChI=1S/C16H20N4O2/c1-19-7-3-6-16(8-19)9-20(10-16)15-18-13-11(14(17)21)4-2-5-12(13)22-15/h2,4-5H,3,6-10H2,1H3,(H2,17,21). The van der Waals surface area contributed by atoms with Crippen molar-refractivity contribution in [1.82, 2.24) is 9.88 Å². The van der Waals surface area contributed by atoms with Gasteiger partial charge in [-0.1, -0.05) is 6.07 Å². The molecule has 2 N–H and O–H groups in total. The predicted octanol–water partition coefficient (Wildman–Crippen LogP) is 1.46. The van der Waals surface area contributed by atoms with E-state index in [9.17, 15) is 4.79 Å². The summed E-state index contributed by atoms with van der Waals surface area (Å²) in [5, 5.41) is 0. The van der Waals surface area contributed by atoms with E-state index in [0.29, 0.717) is 28.1 Å². The van der Waals surface area contributed by atoms with Crippen LogP contribution in [0.2, 0.25) is 0 Å². The molecular weight excluding hydrogens is 280 g/mol. The van der Waals surface area contributed by atoms with Gasteiger partial charge in [0, 0.05) is 25.0 Å². The number of aromatic nitrogens is 1. The Labute approximate surface area is 128 Å². The van der Waals surface area contributed by atoms with Crippen LogP contribution in [0, 0.1) is 5.41 Å². The Morgan fingerprint density at radius 2 is 2.18 bits per heavy atom. The fourth-order valence-electron chi connectivity index (χ4n) is 3.88. The summed E-state index contributed by atoms with van der Waals surface area (Å²) in [5.74, 6) is -0.473. The highest BCUT2D eigenvalue weighted by atomic mass is 16.4. The van der Waals surface area contributed by atoms with Crippen molar-refractivity contribution in [2.75, 3.05) is 38.1 Å². The molecule has 0 radical (unpaired) electrons. The zero-order valence-corrected chi connectivity index (χ0v) is 12.7. The van der Waals surface area contributed by atoms with Crippen LogP contribution in [0.4, 0.5) is 6.01 Å². The van der Waals surface area contributed by atoms with Gasteiger partial charge >= 0.3 is 0 Å². The maximum Gasteiger partial charge on any atom is 0.298 e. The highest BCUT2D eigenvalue weighted by Gasteiger charge is 2.46. The monoisotopic (exact) mass is 300 g/mol. The Morgan fingerprint density at radius 1 is 1.36 bits per heavy atom. The normalized spacial score (nSPS) is 21.2. The lowest BCUT2D eigenvalue weighted by molar-refractivity contribution is 0.0750. The highest BCUT2D eigenvalue weighted by molar-refractivity contribution is 6.03. The lowest BCUT2D eigenvalue weighted by Crippen LogP contribution is -2.62. The van der Waals surface area contributed by atoms with Crippen LogP contribution in [0.3, 0.4) is 0 Å². The molecule has 6 nitrogen and oxygen atoms in total. The summed E-state index contributed by atoms with van der Waals surface area (Å²) in [6, 6.07) is 5.88. The van der Waals surface area contributed by atoms with Gasteiger partial charge < -0.3 is 20.0 Å². The summed E-state index contributed by atoms with van der Waals surface area (Å²) in [6.45, 7) is 4.26. The minimum Gasteiger partial charge on any atom is -0.423 e. The van der Waals surface area contributed by atoms with Crippen molar-refractivity contribution in [3.8, 4) is 0 Å². The van der Waals surface area contributed by atoms with E-state index in [0.717, 1.165) is 19.6 Å². The number of amides is 1. The van der Waals surface area contributed by atoms with Gasteiger partial charge in [-0.2, -0.15) is 4.98 Å². The van der Waals surface area contributed by atoms with E-state index in [4.69, 9.17) is 10.2 Å². The second-order valence-electron chi connectivity index (χ2n) is 6.71. The van der Waals surface area contributed by atoms with Crippen LogP contribution in [0.1, 0.15) is 23.2 Å². The number of nitrogens with two attached hydrogens (primary N) is 1. The van der Waals surface area contributed by atoms with Crippen LogP contribution in [-0.2, 0) is 0 Å². The summed E-state index contributed by atoms with van der Waals surface area (Å²) < 4.78 is 5.82. The van der Waals surface area contributed by atoms with Crippen molar-refractivity contribution in [3.05, 3.63) is 23.8 Å². The summed E-state index contributed by atoms with van der Waals surface area (Å²) in [4.78, 5) is 20.5. The number of nitrogens with zero attached hydrogens (tertiary/aromatic N) is 3. The maximum atomic E-state index is 11.5. The Bertz CT molecular complexity index is 733. The molecule has 2 aliphatic rings. The number of oxazole rings is 1. The third-order valence-electron chi connectivity index (χ3n) is 4.85. The van der Waals surface area contributed by atoms with Crippen LogP contribution in [0.25, 0.3) is 11.1 Å². The minimum atomic E-state index is -0.473. The Hall–Kier alpha value is -2.08. The van der Waals surface area contributed by atoms with Gasteiger partial charge in [0.15, 0.2) is 5.58 Å². The van der Waals surface area contributed by atoms with Gasteiger partial charge in [0.05, 0.1) is 5.56 Å². The molecule has 6 heteroatoms. The molecule has 0 bridgehead atoms. The number of carbonyl (C=O) groups excluding carboxylic acids is 1. The zero-order chi connectivity index (χ0) is 15.3. The molecule has 0 unspecified atom stereocenters. The van der Waals surface area contributed by atoms with Gasteiger partial charge in [-0.25, -0.2) is 0 Å². The van der Waals surface area contributed by atoms with E-state index in [-0.39, 0.29) is 0 Å². The van der Waals surface area contributed by atoms with E-state index in [1.165, 1.54) is 19.4 Å². The first kappa shape index (κ1) is 13.6. The summed E-state index contributed by atoms with van der Waals surface area (Å²) >= 11 is 0. The largest absolute Gasteiger partial charge is 0.423 e. The first-order valence-electron chi connectivity index (χ1n) is 7.69. The number of likely N-dealkylation sites (tertiary alicyclic amines) is 1. The minimum absolute atomic E-state index is 0.375. The number of hydrogen-bond acceptors (Lipinski definition) is 5. The fraction of sp³-hybridized carbons (Fsp3) is 0.500. The topological polar surface area (TPSA) is 75.6 Å². The highest BCUT2D eigenvalue weighted by Crippen LogP contribution is 2.41. The molecule has 2 aliphatic heterocycles. The lowest BCUT2D eigenvalue weighted by Gasteiger charge is -2.53. The molecule has 1 amide bonds. The number of primary amides is 1. The van der Waals surface area contributed by atoms with Gasteiger partial charge in [0.2, 0.25) is 0 Å². The van der Waals surface area contributed by atoms with Crippen molar-refractivity contribution in [2.24, 2.45) is 11.1 Å². The average Bonchev–Trinajstić information content (AvgIpc) is 2.87. The van der Waals surface area contributed by atoms with Gasteiger partial charge in [0.25, 0.3) is 11.9 Å². The number of anilines is 1. The van der Waals surface area contributed by atoms with E-state index >= 15 is 0 Å². The summed E-state index contributed by atoms with van der Waals surface area (Å²) in [5.41, 5.74) is 7.37. The number of piperidine rings is 1. The lowest BCUT2D eigenvalue weighted by atomic mass is 9.73. The average molecular weight is 300 g/mol. The Morgan fingerprint density at radius 3 is 2.91 bits per heavy atom. The second-order valence-corrected chi connectivity index (χ2v) is 6.71. The molecule has 1 spiro atoms. The first-order chi connectivity index (χ1) is 10.6. The quantitative estimate of drug-likeness (QED) is 0.908. The summed E-state index contributed by atoms with van der Waals surface area (Å²) in [6.07, 6.45) is 2.52. The third kappa shape index (κ3) is 2.06. The molecule has 22 heavy (non-hydrogen) atoms. The molecule has 3 heterocycles. The van der Waals surface area contributed by atoms with E-state index in [1.54, 1.807) is 12.1 Å². The molecule has 0 atom stereocenters. The number of benzene rings is 1. The van der Waals surface area contributed by atoms with Crippen molar-refractivity contribution >= 4 is 23.0 Å². The third-order valence-corrected chi connectivity index (χ3v) is 4.85. The molecule has 116 valence electrons. The molecule has 2 fully saturated rings. The van der Waals surface area contributed by atoms with Crippen molar-refractivity contribution in [1.29, 1.82) is 0 Å². The SMILES string of the molecule is CN1CCCC2(C1)CN(c1nc3c(C(N)=O)cccc3o1)C2. The maximum absolute atomic E-state index is 11.5. The number of rotatable bonds is 2. The first-order valence-corrected chi connectivity index (χ1v) is 7.69. The molecule has 1 aromatic carbocycles. The molecule has 2 aromatic rings. The van der Waals surface area contributed by atoms with Crippen LogP contribution in [-0.4, -0.2) is 49.0 Å². The predicted molar refractivity (Wildman–Crippen MR) is 83.9 cm³/mol. The summed E-state index contributed by atoms with van der Waals surface area (Å²) in [7, 11) is 2.18. The zero-order valence-electron chi connectivity index (χ0n) is 12.7. The number of para-hydroxylation sites is 1. The Balaban J connectivity index is 1.59. The molecule has 4 rings (SSSR count). The van der Waals surface area contributed by atoms with Crippen LogP contribution < -0.4 is 10.6 Å². The molecule has 0 saturated carbocycles. The second kappa shape index (κ2) is 4.71. The Kier molecular flexibility index (Phi) is 2.91. The van der Waals surface area contributed by atoms with E-state index < -0.39 is 5.91 Å². The van der Waals surface area contributed by atoms with Gasteiger partial charge in [-0.05, 0) is 38.6 Å². The fourth-order valence-corrected chi connectivity index (χ4v) is 3.88. The van der Waals surface area contributed by atoms with E-state index in [1.807, 2.05) is 6.07 Å². The number of hydrogen-bond donors (Lipinski definition) is 1. The van der Waals surface area contributed by atoms with Crippen molar-refractivity contribution in [2.45, 2.75) is 12.8 Å². The van der Waals surface area contributed by atoms with E-state index in [2.05, 4.69) is 21.8 Å². The van der Waals surface area contributed by atoms with Crippen molar-refractivity contribution in [3.63, 3.8) is 0 Å². The number of carbonyl (C=O) groups is 1. The van der Waals surface area contributed by atoms with Gasteiger partial charge in [-0.3, -0.25) is 4.79 Å². The van der Waals surface area contributed by atoms with Crippen molar-refractivity contribution < 1.29 is 9.21 Å². The van der Waals surface area contributed by atoms with Crippen LogP contribution in [0.5, 0.6) is 0 Å². The van der Waals surface area contributed by atoms with Gasteiger partial charge in [-0.15, -0.1) is 0 Å². The molecule has 1 aromatic heterocycles. The van der Waals surface area contributed by atoms with Crippen LogP contribution >= 0.6 is 0 Å². The molecule has 0 aliphatic carbocycles.